The summed E-state index contributed by atoms with van der Waals surface area (Å²) in [5, 5.41) is 0. The predicted octanol–water partition coefficient (Wildman–Crippen LogP) is 3.01. The van der Waals surface area contributed by atoms with Crippen LogP contribution in [0.15, 0.2) is 72.8 Å². The molecule has 0 bridgehead atoms. The molecule has 0 radical (unpaired) electrons. The molecule has 2 aromatic carbocycles. The number of carbonyl (C=O) groups is 3. The van der Waals surface area contributed by atoms with Gasteiger partial charge in [-0.05, 0) is 35.9 Å². The molecular weight excluding hydrogens is 290 g/mol. The standard InChI is InChI=1S/C19H13NO3/c21-17(11-6-14-4-2-1-3-5-14)15-7-9-16(10-8-15)20-18(22)12-13-19(20)23/h1-13H/b11-6+. The van der Waals surface area contributed by atoms with E-state index in [2.05, 4.69) is 0 Å². The number of hydrogen-bond donors (Lipinski definition) is 0. The van der Waals surface area contributed by atoms with Crippen LogP contribution in [0.25, 0.3) is 6.08 Å². The van der Waals surface area contributed by atoms with Gasteiger partial charge >= 0.3 is 0 Å². The van der Waals surface area contributed by atoms with Gasteiger partial charge in [-0.25, -0.2) is 4.90 Å². The highest BCUT2D eigenvalue weighted by molar-refractivity contribution is 6.28. The lowest BCUT2D eigenvalue weighted by Gasteiger charge is -2.13. The average molecular weight is 303 g/mol. The number of allylic oxidation sites excluding steroid dienone is 1. The summed E-state index contributed by atoms with van der Waals surface area (Å²) in [7, 11) is 0. The highest BCUT2D eigenvalue weighted by atomic mass is 16.2. The smallest absolute Gasteiger partial charge is 0.258 e. The van der Waals surface area contributed by atoms with Crippen molar-refractivity contribution in [1.82, 2.24) is 0 Å². The van der Waals surface area contributed by atoms with Gasteiger partial charge < -0.3 is 0 Å². The lowest BCUT2D eigenvalue weighted by molar-refractivity contribution is -0.119. The van der Waals surface area contributed by atoms with Crippen LogP contribution < -0.4 is 4.90 Å². The zero-order valence-corrected chi connectivity index (χ0v) is 12.2. The number of imide groups is 1. The Morgan fingerprint density at radius 2 is 1.43 bits per heavy atom. The highest BCUT2D eigenvalue weighted by Gasteiger charge is 2.24. The van der Waals surface area contributed by atoms with Crippen LogP contribution in [0.4, 0.5) is 5.69 Å². The predicted molar refractivity (Wildman–Crippen MR) is 87.9 cm³/mol. The summed E-state index contributed by atoms with van der Waals surface area (Å²) in [6, 6.07) is 15.9. The topological polar surface area (TPSA) is 54.5 Å². The third-order valence-corrected chi connectivity index (χ3v) is 3.45. The number of benzene rings is 2. The van der Waals surface area contributed by atoms with Crippen LogP contribution in [-0.2, 0) is 9.59 Å². The lowest BCUT2D eigenvalue weighted by Crippen LogP contribution is -2.29. The second-order valence-electron chi connectivity index (χ2n) is 5.00. The van der Waals surface area contributed by atoms with Gasteiger partial charge in [-0.1, -0.05) is 36.4 Å². The van der Waals surface area contributed by atoms with Crippen LogP contribution >= 0.6 is 0 Å². The molecule has 112 valence electrons. The molecule has 0 aromatic heterocycles. The normalized spacial score (nSPS) is 14.0. The van der Waals surface area contributed by atoms with E-state index in [0.717, 1.165) is 10.5 Å². The highest BCUT2D eigenvalue weighted by Crippen LogP contribution is 2.20. The van der Waals surface area contributed by atoms with Gasteiger partial charge in [-0.15, -0.1) is 0 Å². The van der Waals surface area contributed by atoms with Gasteiger partial charge in [0.1, 0.15) is 0 Å². The number of anilines is 1. The summed E-state index contributed by atoms with van der Waals surface area (Å²) in [6.45, 7) is 0. The lowest BCUT2D eigenvalue weighted by atomic mass is 10.1. The van der Waals surface area contributed by atoms with Gasteiger partial charge in [0, 0.05) is 17.7 Å². The van der Waals surface area contributed by atoms with E-state index in [1.165, 1.54) is 18.2 Å². The van der Waals surface area contributed by atoms with Crippen molar-refractivity contribution in [1.29, 1.82) is 0 Å². The third kappa shape index (κ3) is 3.16. The average Bonchev–Trinajstić information content (AvgIpc) is 2.92. The van der Waals surface area contributed by atoms with Crippen LogP contribution in [0.3, 0.4) is 0 Å². The Morgan fingerprint density at radius 3 is 2.04 bits per heavy atom. The molecule has 0 spiro atoms. The summed E-state index contributed by atoms with van der Waals surface area (Å²) in [6.07, 6.45) is 5.69. The van der Waals surface area contributed by atoms with E-state index in [1.54, 1.807) is 30.3 Å². The maximum absolute atomic E-state index is 12.1. The van der Waals surface area contributed by atoms with Gasteiger partial charge in [0.2, 0.25) is 0 Å². The zero-order valence-electron chi connectivity index (χ0n) is 12.2. The molecule has 4 heteroatoms. The van der Waals surface area contributed by atoms with Crippen LogP contribution in [0.1, 0.15) is 15.9 Å². The molecule has 1 heterocycles. The molecule has 1 aliphatic rings. The van der Waals surface area contributed by atoms with Crippen molar-refractivity contribution in [2.45, 2.75) is 0 Å². The van der Waals surface area contributed by atoms with Crippen molar-refractivity contribution in [3.63, 3.8) is 0 Å². The second kappa shape index (κ2) is 6.23. The molecule has 0 N–H and O–H groups in total. The van der Waals surface area contributed by atoms with E-state index in [-0.39, 0.29) is 17.6 Å². The summed E-state index contributed by atoms with van der Waals surface area (Å²) >= 11 is 0. The fraction of sp³-hybridized carbons (Fsp3) is 0. The number of ketones is 1. The Bertz CT molecular complexity index is 799. The van der Waals surface area contributed by atoms with Crippen molar-refractivity contribution < 1.29 is 14.4 Å². The van der Waals surface area contributed by atoms with Gasteiger partial charge in [-0.2, -0.15) is 0 Å². The molecule has 0 saturated heterocycles. The maximum atomic E-state index is 12.1. The minimum Gasteiger partial charge on any atom is -0.289 e. The number of rotatable bonds is 4. The van der Waals surface area contributed by atoms with E-state index in [9.17, 15) is 14.4 Å². The van der Waals surface area contributed by atoms with Gasteiger partial charge in [-0.3, -0.25) is 14.4 Å². The molecule has 3 rings (SSSR count). The first kappa shape index (κ1) is 14.7. The second-order valence-corrected chi connectivity index (χ2v) is 5.00. The van der Waals surface area contributed by atoms with Gasteiger partial charge in [0.15, 0.2) is 5.78 Å². The molecule has 0 atom stereocenters. The largest absolute Gasteiger partial charge is 0.289 e. The minimum absolute atomic E-state index is 0.141. The molecule has 0 fully saturated rings. The zero-order chi connectivity index (χ0) is 16.2. The van der Waals surface area contributed by atoms with Crippen molar-refractivity contribution in [2.24, 2.45) is 0 Å². The first-order valence-corrected chi connectivity index (χ1v) is 7.09. The number of nitrogens with zero attached hydrogens (tertiary/aromatic N) is 1. The third-order valence-electron chi connectivity index (χ3n) is 3.45. The maximum Gasteiger partial charge on any atom is 0.258 e. The van der Waals surface area contributed by atoms with Crippen molar-refractivity contribution >= 4 is 29.4 Å². The van der Waals surface area contributed by atoms with Crippen molar-refractivity contribution in [2.75, 3.05) is 4.90 Å². The Labute approximate surface area is 133 Å². The summed E-state index contributed by atoms with van der Waals surface area (Å²) in [4.78, 5) is 36.4. The first-order chi connectivity index (χ1) is 11.1. The molecule has 4 nitrogen and oxygen atoms in total. The van der Waals surface area contributed by atoms with Crippen molar-refractivity contribution in [3.8, 4) is 0 Å². The number of hydrogen-bond acceptors (Lipinski definition) is 3. The van der Waals surface area contributed by atoms with Crippen LogP contribution in [0.5, 0.6) is 0 Å². The SMILES string of the molecule is O=C(/C=C/c1ccccc1)c1ccc(N2C(=O)C=CC2=O)cc1. The van der Waals surface area contributed by atoms with Crippen LogP contribution in [-0.4, -0.2) is 17.6 Å². The molecule has 0 saturated carbocycles. The first-order valence-electron chi connectivity index (χ1n) is 7.09. The summed E-state index contributed by atoms with van der Waals surface area (Å²) in [5.74, 6) is -0.895. The van der Waals surface area contributed by atoms with Gasteiger partial charge in [0.25, 0.3) is 11.8 Å². The van der Waals surface area contributed by atoms with E-state index >= 15 is 0 Å². The minimum atomic E-state index is -0.377. The Hall–Kier alpha value is -3.27. The van der Waals surface area contributed by atoms with E-state index in [1.807, 2.05) is 30.3 Å². The fourth-order valence-corrected chi connectivity index (χ4v) is 2.26. The van der Waals surface area contributed by atoms with E-state index in [4.69, 9.17) is 0 Å². The fourth-order valence-electron chi connectivity index (χ4n) is 2.26. The summed E-state index contributed by atoms with van der Waals surface area (Å²) in [5.41, 5.74) is 1.89. The van der Waals surface area contributed by atoms with Crippen molar-refractivity contribution in [3.05, 3.63) is 84.0 Å². The Balaban J connectivity index is 1.75. The molecule has 1 aliphatic heterocycles. The summed E-state index contributed by atoms with van der Waals surface area (Å²) < 4.78 is 0. The molecular formula is C19H13NO3. The Kier molecular flexibility index (Phi) is 3.97. The molecule has 0 aliphatic carbocycles. The van der Waals surface area contributed by atoms with E-state index in [0.29, 0.717) is 11.3 Å². The quantitative estimate of drug-likeness (QED) is 0.495. The number of amides is 2. The monoisotopic (exact) mass is 303 g/mol. The van der Waals surface area contributed by atoms with Crippen LogP contribution in [0.2, 0.25) is 0 Å². The van der Waals surface area contributed by atoms with Crippen LogP contribution in [0, 0.1) is 0 Å². The molecule has 2 amide bonds. The van der Waals surface area contributed by atoms with E-state index < -0.39 is 0 Å². The Morgan fingerprint density at radius 1 is 0.826 bits per heavy atom. The number of carbonyl (C=O) groups excluding carboxylic acids is 3. The molecule has 23 heavy (non-hydrogen) atoms. The molecule has 0 unspecified atom stereocenters. The van der Waals surface area contributed by atoms with Gasteiger partial charge in [0.05, 0.1) is 5.69 Å². The molecule has 2 aromatic rings.